The van der Waals surface area contributed by atoms with E-state index < -0.39 is 0 Å². The van der Waals surface area contributed by atoms with Crippen molar-refractivity contribution >= 4 is 33.5 Å². The fraction of sp³-hybridized carbons (Fsp3) is 0.462. The number of thioether (sulfide) groups is 1. The number of halogens is 1. The van der Waals surface area contributed by atoms with E-state index in [-0.39, 0.29) is 5.78 Å². The van der Waals surface area contributed by atoms with Crippen molar-refractivity contribution in [3.05, 3.63) is 33.8 Å². The molecule has 1 aliphatic rings. The Kier molecular flexibility index (Phi) is 4.09. The van der Waals surface area contributed by atoms with Crippen molar-refractivity contribution in [2.24, 2.45) is 0 Å². The Labute approximate surface area is 109 Å². The first kappa shape index (κ1) is 12.2. The average Bonchev–Trinajstić information content (AvgIpc) is 2.30. The van der Waals surface area contributed by atoms with Gasteiger partial charge in [-0.05, 0) is 48.8 Å². The van der Waals surface area contributed by atoms with E-state index in [0.717, 1.165) is 10.0 Å². The molecular formula is C13H15BrOS. The minimum atomic E-state index is 0.131. The molecule has 0 aliphatic carbocycles. The van der Waals surface area contributed by atoms with Gasteiger partial charge >= 0.3 is 0 Å². The fourth-order valence-corrected chi connectivity index (χ4v) is 3.89. The molecule has 16 heavy (non-hydrogen) atoms. The van der Waals surface area contributed by atoms with E-state index in [1.807, 2.05) is 23.9 Å². The molecule has 0 atom stereocenters. The minimum Gasteiger partial charge on any atom is -0.295 e. The highest BCUT2D eigenvalue weighted by Gasteiger charge is 2.18. The van der Waals surface area contributed by atoms with Crippen LogP contribution in [0.1, 0.15) is 41.6 Å². The lowest BCUT2D eigenvalue weighted by atomic mass is 9.92. The number of hydrogen-bond acceptors (Lipinski definition) is 2. The Morgan fingerprint density at radius 2 is 2.06 bits per heavy atom. The van der Waals surface area contributed by atoms with Crippen LogP contribution in [-0.4, -0.2) is 17.3 Å². The number of carbonyl (C=O) groups is 1. The van der Waals surface area contributed by atoms with E-state index in [1.165, 1.54) is 29.9 Å². The third-order valence-electron chi connectivity index (χ3n) is 3.07. The Bertz CT molecular complexity index is 397. The van der Waals surface area contributed by atoms with Gasteiger partial charge in [0.1, 0.15) is 0 Å². The predicted octanol–water partition coefficient (Wildman–Crippen LogP) is 4.26. The molecule has 1 heterocycles. The first-order valence-corrected chi connectivity index (χ1v) is 7.51. The first-order valence-electron chi connectivity index (χ1n) is 5.56. The largest absolute Gasteiger partial charge is 0.295 e. The van der Waals surface area contributed by atoms with Gasteiger partial charge in [-0.15, -0.1) is 0 Å². The summed E-state index contributed by atoms with van der Waals surface area (Å²) in [7, 11) is 0. The van der Waals surface area contributed by atoms with Gasteiger partial charge < -0.3 is 0 Å². The van der Waals surface area contributed by atoms with Gasteiger partial charge in [0.2, 0.25) is 0 Å². The molecule has 2 rings (SSSR count). The fourth-order valence-electron chi connectivity index (χ4n) is 2.09. The summed E-state index contributed by atoms with van der Waals surface area (Å²) in [5.74, 6) is 3.31. The van der Waals surface area contributed by atoms with Crippen LogP contribution in [0, 0.1) is 0 Å². The Morgan fingerprint density at radius 1 is 1.38 bits per heavy atom. The maximum Gasteiger partial charge on any atom is 0.159 e. The molecule has 0 saturated carbocycles. The van der Waals surface area contributed by atoms with Crippen LogP contribution in [0.3, 0.4) is 0 Å². The number of hydrogen-bond donors (Lipinski definition) is 0. The van der Waals surface area contributed by atoms with Crippen LogP contribution in [0.25, 0.3) is 0 Å². The van der Waals surface area contributed by atoms with Gasteiger partial charge in [-0.2, -0.15) is 11.8 Å². The first-order chi connectivity index (χ1) is 7.68. The SMILES string of the molecule is CC(=O)c1ccc(C2CCSCC2)c(Br)c1. The second kappa shape index (κ2) is 5.37. The number of benzene rings is 1. The summed E-state index contributed by atoms with van der Waals surface area (Å²) in [6.45, 7) is 1.61. The lowest BCUT2D eigenvalue weighted by molar-refractivity contribution is 0.101. The highest BCUT2D eigenvalue weighted by atomic mass is 79.9. The van der Waals surface area contributed by atoms with Crippen molar-refractivity contribution < 1.29 is 4.79 Å². The van der Waals surface area contributed by atoms with Crippen molar-refractivity contribution in [3.8, 4) is 0 Å². The van der Waals surface area contributed by atoms with Crippen molar-refractivity contribution in [2.75, 3.05) is 11.5 Å². The van der Waals surface area contributed by atoms with Crippen LogP contribution in [0.2, 0.25) is 0 Å². The van der Waals surface area contributed by atoms with Crippen molar-refractivity contribution in [3.63, 3.8) is 0 Å². The van der Waals surface area contributed by atoms with Gasteiger partial charge in [0, 0.05) is 10.0 Å². The molecule has 1 aromatic carbocycles. The van der Waals surface area contributed by atoms with Crippen LogP contribution in [0.5, 0.6) is 0 Å². The van der Waals surface area contributed by atoms with Crippen LogP contribution in [0.15, 0.2) is 22.7 Å². The lowest BCUT2D eigenvalue weighted by Gasteiger charge is -2.23. The third kappa shape index (κ3) is 2.69. The molecule has 1 fully saturated rings. The maximum atomic E-state index is 11.3. The highest BCUT2D eigenvalue weighted by molar-refractivity contribution is 9.10. The van der Waals surface area contributed by atoms with E-state index in [9.17, 15) is 4.79 Å². The van der Waals surface area contributed by atoms with Gasteiger partial charge in [0.05, 0.1) is 0 Å². The molecule has 0 N–H and O–H groups in total. The molecule has 0 amide bonds. The average molecular weight is 299 g/mol. The standard InChI is InChI=1S/C13H15BrOS/c1-9(15)11-2-3-12(13(14)8-11)10-4-6-16-7-5-10/h2-3,8,10H,4-7H2,1H3. The number of Topliss-reactive ketones (excluding diaryl/α,β-unsaturated/α-hetero) is 1. The Morgan fingerprint density at radius 3 is 2.62 bits per heavy atom. The van der Waals surface area contributed by atoms with Crippen molar-refractivity contribution in [1.29, 1.82) is 0 Å². The summed E-state index contributed by atoms with van der Waals surface area (Å²) in [6.07, 6.45) is 2.51. The van der Waals surface area contributed by atoms with Crippen LogP contribution >= 0.6 is 27.7 Å². The molecule has 1 aliphatic heterocycles. The zero-order valence-electron chi connectivity index (χ0n) is 9.33. The van der Waals surface area contributed by atoms with Gasteiger partial charge in [-0.3, -0.25) is 4.79 Å². The molecule has 0 radical (unpaired) electrons. The van der Waals surface area contributed by atoms with Crippen LogP contribution in [-0.2, 0) is 0 Å². The van der Waals surface area contributed by atoms with E-state index in [0.29, 0.717) is 5.92 Å². The summed E-state index contributed by atoms with van der Waals surface area (Å²) in [5, 5.41) is 0. The molecule has 1 saturated heterocycles. The highest BCUT2D eigenvalue weighted by Crippen LogP contribution is 2.35. The van der Waals surface area contributed by atoms with Gasteiger partial charge in [0.25, 0.3) is 0 Å². The Hall–Kier alpha value is -0.280. The van der Waals surface area contributed by atoms with Crippen molar-refractivity contribution in [2.45, 2.75) is 25.7 Å². The zero-order valence-corrected chi connectivity index (χ0v) is 11.7. The Balaban J connectivity index is 2.24. The minimum absolute atomic E-state index is 0.131. The maximum absolute atomic E-state index is 11.3. The van der Waals surface area contributed by atoms with Crippen molar-refractivity contribution in [1.82, 2.24) is 0 Å². The summed E-state index contributed by atoms with van der Waals surface area (Å²) in [4.78, 5) is 11.3. The van der Waals surface area contributed by atoms with Gasteiger partial charge in [0.15, 0.2) is 5.78 Å². The van der Waals surface area contributed by atoms with Gasteiger partial charge in [-0.1, -0.05) is 28.1 Å². The van der Waals surface area contributed by atoms with Crippen LogP contribution < -0.4 is 0 Å². The summed E-state index contributed by atoms with van der Waals surface area (Å²) in [6, 6.07) is 6.02. The molecule has 3 heteroatoms. The van der Waals surface area contributed by atoms with E-state index in [1.54, 1.807) is 6.92 Å². The van der Waals surface area contributed by atoms with Gasteiger partial charge in [-0.25, -0.2) is 0 Å². The molecule has 0 unspecified atom stereocenters. The molecule has 86 valence electrons. The monoisotopic (exact) mass is 298 g/mol. The van der Waals surface area contributed by atoms with Crippen LogP contribution in [0.4, 0.5) is 0 Å². The molecule has 1 nitrogen and oxygen atoms in total. The predicted molar refractivity (Wildman–Crippen MR) is 73.4 cm³/mol. The second-order valence-corrected chi connectivity index (χ2v) is 6.26. The third-order valence-corrected chi connectivity index (χ3v) is 4.80. The zero-order chi connectivity index (χ0) is 11.5. The molecule has 0 spiro atoms. The summed E-state index contributed by atoms with van der Waals surface area (Å²) in [5.41, 5.74) is 2.16. The molecular weight excluding hydrogens is 284 g/mol. The van der Waals surface area contributed by atoms with E-state index in [4.69, 9.17) is 0 Å². The molecule has 0 bridgehead atoms. The summed E-state index contributed by atoms with van der Waals surface area (Å²) < 4.78 is 1.09. The number of rotatable bonds is 2. The summed E-state index contributed by atoms with van der Waals surface area (Å²) >= 11 is 5.63. The number of ketones is 1. The van der Waals surface area contributed by atoms with E-state index in [2.05, 4.69) is 22.0 Å². The lowest BCUT2D eigenvalue weighted by Crippen LogP contribution is -2.08. The molecule has 1 aromatic rings. The quantitative estimate of drug-likeness (QED) is 0.759. The molecule has 0 aromatic heterocycles. The smallest absolute Gasteiger partial charge is 0.159 e. The normalized spacial score (nSPS) is 17.4. The topological polar surface area (TPSA) is 17.1 Å². The second-order valence-electron chi connectivity index (χ2n) is 4.18. The van der Waals surface area contributed by atoms with E-state index >= 15 is 0 Å². The number of carbonyl (C=O) groups excluding carboxylic acids is 1.